The van der Waals surface area contributed by atoms with Gasteiger partial charge in [-0.05, 0) is 88.7 Å². The molecule has 0 bridgehead atoms. The van der Waals surface area contributed by atoms with E-state index < -0.39 is 24.6 Å². The molecule has 2 saturated heterocycles. The summed E-state index contributed by atoms with van der Waals surface area (Å²) in [6.45, 7) is 6.57. The van der Waals surface area contributed by atoms with Crippen molar-refractivity contribution in [3.05, 3.63) is 124 Å². The molecule has 0 unspecified atom stereocenters. The van der Waals surface area contributed by atoms with Crippen molar-refractivity contribution >= 4 is 23.4 Å². The number of carbonyl (C=O) groups is 2. The largest absolute Gasteiger partial charge is 0.462 e. The minimum atomic E-state index is -0.996. The van der Waals surface area contributed by atoms with Gasteiger partial charge < -0.3 is 44.5 Å². The van der Waals surface area contributed by atoms with Crippen LogP contribution in [-0.4, -0.2) is 86.1 Å². The first kappa shape index (κ1) is 43.3. The third-order valence-corrected chi connectivity index (χ3v) is 11.9. The molecule has 4 aromatic carbocycles. The van der Waals surface area contributed by atoms with Crippen molar-refractivity contribution in [2.75, 3.05) is 27.3 Å². The lowest BCUT2D eigenvalue weighted by molar-refractivity contribution is -0.273. The second-order valence-corrected chi connectivity index (χ2v) is 15.8. The van der Waals surface area contributed by atoms with E-state index in [1.54, 1.807) is 30.3 Å². The zero-order valence-electron chi connectivity index (χ0n) is 33.7. The van der Waals surface area contributed by atoms with Crippen LogP contribution in [-0.2, 0) is 32.2 Å². The SMILES string of the molecule is CNC(=O)c1cc(C(=O)NC)cc(-c2cc(Cl)cc(O[C@H]3O[C@H](CO)[C@@H](C)[C@H](C[C@H]4O[C@H](CO)[C@@H](C)[C@H](C)[C@@H]4OCc4ccccc4)[C@@H]3OCc3ccccc3)c2)c1. The van der Waals surface area contributed by atoms with E-state index in [0.717, 1.165) is 11.1 Å². The van der Waals surface area contributed by atoms with Gasteiger partial charge >= 0.3 is 0 Å². The number of amides is 2. The number of ether oxygens (including phenoxy) is 5. The highest BCUT2D eigenvalue weighted by atomic mass is 35.5. The van der Waals surface area contributed by atoms with Crippen LogP contribution in [0.4, 0.5) is 0 Å². The number of benzene rings is 4. The Morgan fingerprint density at radius 2 is 1.19 bits per heavy atom. The van der Waals surface area contributed by atoms with E-state index in [1.165, 1.54) is 20.2 Å². The fraction of sp³-hybridized carbons (Fsp3) is 0.435. The van der Waals surface area contributed by atoms with Crippen LogP contribution in [0, 0.1) is 23.7 Å². The van der Waals surface area contributed by atoms with Crippen molar-refractivity contribution in [2.24, 2.45) is 23.7 Å². The Labute approximate surface area is 346 Å². The predicted octanol–water partition coefficient (Wildman–Crippen LogP) is 6.67. The molecule has 0 aliphatic carbocycles. The van der Waals surface area contributed by atoms with Crippen molar-refractivity contribution < 1.29 is 43.5 Å². The lowest BCUT2D eigenvalue weighted by Crippen LogP contribution is -2.58. The molecule has 0 aromatic heterocycles. The summed E-state index contributed by atoms with van der Waals surface area (Å²) in [6, 6.07) is 29.9. The van der Waals surface area contributed by atoms with Gasteiger partial charge in [-0.15, -0.1) is 0 Å². The van der Waals surface area contributed by atoms with E-state index in [0.29, 0.717) is 46.1 Å². The zero-order chi connectivity index (χ0) is 41.3. The minimum absolute atomic E-state index is 0.0436. The maximum Gasteiger partial charge on any atom is 0.251 e. The van der Waals surface area contributed by atoms with Crippen LogP contribution in [0.3, 0.4) is 0 Å². The fourth-order valence-electron chi connectivity index (χ4n) is 8.14. The predicted molar refractivity (Wildman–Crippen MR) is 221 cm³/mol. The Hall–Kier alpha value is -4.33. The first-order valence-electron chi connectivity index (χ1n) is 19.9. The molecule has 0 radical (unpaired) electrons. The Morgan fingerprint density at radius 1 is 0.655 bits per heavy atom. The number of aliphatic hydroxyl groups is 2. The van der Waals surface area contributed by atoms with E-state index >= 15 is 0 Å². The average Bonchev–Trinajstić information content (AvgIpc) is 3.25. The average molecular weight is 815 g/mol. The topological polar surface area (TPSA) is 145 Å². The van der Waals surface area contributed by atoms with Crippen molar-refractivity contribution in [3.63, 3.8) is 0 Å². The maximum atomic E-state index is 12.7. The second-order valence-electron chi connectivity index (χ2n) is 15.4. The van der Waals surface area contributed by atoms with Crippen molar-refractivity contribution in [1.29, 1.82) is 0 Å². The molecule has 2 amide bonds. The molecule has 11 nitrogen and oxygen atoms in total. The number of hydrogen-bond acceptors (Lipinski definition) is 9. The monoisotopic (exact) mass is 814 g/mol. The number of rotatable bonds is 15. The molecule has 310 valence electrons. The molecule has 0 saturated carbocycles. The summed E-state index contributed by atoms with van der Waals surface area (Å²) in [5.41, 5.74) is 3.80. The first-order valence-corrected chi connectivity index (χ1v) is 20.3. The lowest BCUT2D eigenvalue weighted by Gasteiger charge is -2.49. The van der Waals surface area contributed by atoms with Gasteiger partial charge in [-0.3, -0.25) is 9.59 Å². The van der Waals surface area contributed by atoms with Crippen LogP contribution in [0.1, 0.15) is 59.0 Å². The number of hydrogen-bond donors (Lipinski definition) is 4. The molecular weight excluding hydrogens is 760 g/mol. The summed E-state index contributed by atoms with van der Waals surface area (Å²) in [5.74, 6) is -0.686. The van der Waals surface area contributed by atoms with Gasteiger partial charge in [0.25, 0.3) is 11.8 Å². The molecule has 6 rings (SSSR count). The highest BCUT2D eigenvalue weighted by Crippen LogP contribution is 2.43. The molecule has 4 N–H and O–H groups in total. The summed E-state index contributed by atoms with van der Waals surface area (Å²) in [4.78, 5) is 25.5. The van der Waals surface area contributed by atoms with Gasteiger partial charge in [-0.1, -0.05) is 93.0 Å². The molecule has 12 heteroatoms. The summed E-state index contributed by atoms with van der Waals surface area (Å²) >= 11 is 6.73. The fourth-order valence-corrected chi connectivity index (χ4v) is 8.37. The van der Waals surface area contributed by atoms with E-state index in [-0.39, 0.29) is 67.5 Å². The number of nitrogens with one attached hydrogen (secondary N) is 2. The molecule has 2 aliphatic rings. The number of carbonyl (C=O) groups excluding carboxylic acids is 2. The molecular formula is C46H55ClN2O9. The highest BCUT2D eigenvalue weighted by Gasteiger charge is 2.50. The van der Waals surface area contributed by atoms with E-state index in [1.807, 2.05) is 67.6 Å². The van der Waals surface area contributed by atoms with Crippen LogP contribution < -0.4 is 15.4 Å². The van der Waals surface area contributed by atoms with Crippen molar-refractivity contribution in [3.8, 4) is 16.9 Å². The van der Waals surface area contributed by atoms with E-state index in [4.69, 9.17) is 35.3 Å². The molecule has 10 atom stereocenters. The summed E-state index contributed by atoms with van der Waals surface area (Å²) < 4.78 is 33.4. The van der Waals surface area contributed by atoms with Gasteiger partial charge in [0.2, 0.25) is 6.29 Å². The van der Waals surface area contributed by atoms with Crippen molar-refractivity contribution in [2.45, 2.75) is 77.2 Å². The smallest absolute Gasteiger partial charge is 0.251 e. The van der Waals surface area contributed by atoms with E-state index in [2.05, 4.69) is 24.5 Å². The van der Waals surface area contributed by atoms with Gasteiger partial charge in [0, 0.05) is 30.2 Å². The Balaban J connectivity index is 1.35. The van der Waals surface area contributed by atoms with Gasteiger partial charge in [0.1, 0.15) is 11.9 Å². The normalized spacial score (nSPS) is 27.1. The summed E-state index contributed by atoms with van der Waals surface area (Å²) in [7, 11) is 3.05. The van der Waals surface area contributed by atoms with Crippen LogP contribution in [0.5, 0.6) is 5.75 Å². The Bertz CT molecular complexity index is 1930. The zero-order valence-corrected chi connectivity index (χ0v) is 34.4. The molecule has 2 fully saturated rings. The second kappa shape index (κ2) is 20.1. The molecule has 2 aliphatic heterocycles. The van der Waals surface area contributed by atoms with Crippen LogP contribution in [0.2, 0.25) is 5.02 Å². The lowest BCUT2D eigenvalue weighted by atomic mass is 9.74. The third kappa shape index (κ3) is 10.3. The van der Waals surface area contributed by atoms with Gasteiger partial charge in [0.15, 0.2) is 0 Å². The number of halogens is 1. The van der Waals surface area contributed by atoms with Gasteiger partial charge in [0.05, 0.1) is 50.8 Å². The van der Waals surface area contributed by atoms with Crippen molar-refractivity contribution in [1.82, 2.24) is 10.6 Å². The number of aliphatic hydroxyl groups excluding tert-OH is 2. The quantitative estimate of drug-likeness (QED) is 0.104. The Kier molecular flexibility index (Phi) is 15.0. The van der Waals surface area contributed by atoms with E-state index in [9.17, 15) is 19.8 Å². The Morgan fingerprint density at radius 3 is 1.74 bits per heavy atom. The van der Waals surface area contributed by atoms with Crippen LogP contribution in [0.25, 0.3) is 11.1 Å². The first-order chi connectivity index (χ1) is 28.0. The van der Waals surface area contributed by atoms with Gasteiger partial charge in [-0.2, -0.15) is 0 Å². The summed E-state index contributed by atoms with van der Waals surface area (Å²) in [6.07, 6.45) is -2.88. The van der Waals surface area contributed by atoms with Crippen LogP contribution >= 0.6 is 11.6 Å². The summed E-state index contributed by atoms with van der Waals surface area (Å²) in [5, 5.41) is 26.7. The van der Waals surface area contributed by atoms with Crippen LogP contribution in [0.15, 0.2) is 97.1 Å². The minimum Gasteiger partial charge on any atom is -0.462 e. The highest BCUT2D eigenvalue weighted by molar-refractivity contribution is 6.31. The molecule has 2 heterocycles. The molecule has 0 spiro atoms. The third-order valence-electron chi connectivity index (χ3n) is 11.7. The molecule has 58 heavy (non-hydrogen) atoms. The maximum absolute atomic E-state index is 12.7. The standard InChI is InChI=1S/C46H55ClN2O9/c1-27-28(2)42(54-25-30-12-8-6-9-13-30)39(57-40(27)23-50)22-38-29(3)41(24-51)58-46(43(38)55-26-31-14-10-7-11-15-31)56-37-20-33(19-36(47)21-37)32-16-34(44(52)48-4)18-35(17-32)45(53)49-5/h6-21,27-29,38-43,46,50-51H,22-26H2,1-5H3,(H,48,52)(H,49,53)/t27-,28-,29-,38-,39+,40+,41+,42-,43-,46-/m0/s1. The molecule has 4 aromatic rings. The van der Waals surface area contributed by atoms with Gasteiger partial charge in [-0.25, -0.2) is 0 Å².